The number of carbonyl (C=O) groups is 1. The van der Waals surface area contributed by atoms with Crippen molar-refractivity contribution >= 4 is 28.5 Å². The molecule has 154 valence electrons. The second-order valence-electron chi connectivity index (χ2n) is 7.61. The van der Waals surface area contributed by atoms with E-state index >= 15 is 0 Å². The monoisotopic (exact) mass is 433 g/mol. The van der Waals surface area contributed by atoms with Crippen LogP contribution in [0.5, 0.6) is 0 Å². The van der Waals surface area contributed by atoms with Gasteiger partial charge in [-0.15, -0.1) is 0 Å². The predicted octanol–water partition coefficient (Wildman–Crippen LogP) is 5.64. The van der Waals surface area contributed by atoms with Gasteiger partial charge in [-0.25, -0.2) is 4.39 Å². The van der Waals surface area contributed by atoms with Gasteiger partial charge < -0.3 is 9.32 Å². The number of hydrogen-bond acceptors (Lipinski definition) is 3. The van der Waals surface area contributed by atoms with Gasteiger partial charge in [0.1, 0.15) is 11.4 Å². The number of carbonyl (C=O) groups excluding carboxylic acids is 1. The van der Waals surface area contributed by atoms with Crippen LogP contribution in [0.2, 0.25) is 5.02 Å². The lowest BCUT2D eigenvalue weighted by Gasteiger charge is -2.25. The zero-order valence-corrected chi connectivity index (χ0v) is 17.3. The molecule has 1 aliphatic rings. The average molecular weight is 434 g/mol. The molecule has 4 nitrogen and oxygen atoms in total. The number of amides is 1. The Bertz CT molecular complexity index is 1400. The Kier molecular flexibility index (Phi) is 4.63. The summed E-state index contributed by atoms with van der Waals surface area (Å²) >= 11 is 6.24. The van der Waals surface area contributed by atoms with Crippen LogP contribution in [-0.2, 0) is 6.54 Å². The van der Waals surface area contributed by atoms with E-state index in [0.29, 0.717) is 5.02 Å². The van der Waals surface area contributed by atoms with Crippen LogP contribution >= 0.6 is 11.6 Å². The van der Waals surface area contributed by atoms with E-state index in [2.05, 4.69) is 0 Å². The molecule has 0 aliphatic carbocycles. The third-order valence-corrected chi connectivity index (χ3v) is 6.05. The van der Waals surface area contributed by atoms with Crippen LogP contribution in [0.3, 0.4) is 0 Å². The number of benzene rings is 3. The van der Waals surface area contributed by atoms with Crippen molar-refractivity contribution in [3.05, 3.63) is 116 Å². The molecule has 31 heavy (non-hydrogen) atoms. The Labute approximate surface area is 182 Å². The van der Waals surface area contributed by atoms with E-state index in [1.807, 2.05) is 30.3 Å². The zero-order chi connectivity index (χ0) is 21.7. The van der Waals surface area contributed by atoms with E-state index in [4.69, 9.17) is 16.0 Å². The number of nitrogens with zero attached hydrogens (tertiary/aromatic N) is 1. The van der Waals surface area contributed by atoms with E-state index in [1.54, 1.807) is 37.3 Å². The summed E-state index contributed by atoms with van der Waals surface area (Å²) in [6, 6.07) is 17.8. The maximum atomic E-state index is 14.8. The van der Waals surface area contributed by atoms with Crippen molar-refractivity contribution < 1.29 is 13.6 Å². The highest BCUT2D eigenvalue weighted by molar-refractivity contribution is 6.32. The lowest BCUT2D eigenvalue weighted by atomic mass is 9.97. The second-order valence-corrected chi connectivity index (χ2v) is 8.02. The zero-order valence-electron chi connectivity index (χ0n) is 16.6. The minimum atomic E-state index is -0.898. The normalized spacial score (nSPS) is 15.5. The van der Waals surface area contributed by atoms with Crippen molar-refractivity contribution in [2.24, 2.45) is 0 Å². The predicted molar refractivity (Wildman–Crippen MR) is 117 cm³/mol. The molecule has 0 saturated carbocycles. The third-order valence-electron chi connectivity index (χ3n) is 5.64. The van der Waals surface area contributed by atoms with Crippen LogP contribution < -0.4 is 5.43 Å². The van der Waals surface area contributed by atoms with Gasteiger partial charge in [0.2, 0.25) is 5.76 Å². The highest BCUT2D eigenvalue weighted by atomic mass is 35.5. The molecule has 1 aliphatic heterocycles. The maximum Gasteiger partial charge on any atom is 0.291 e. The first kappa shape index (κ1) is 19.5. The van der Waals surface area contributed by atoms with E-state index in [-0.39, 0.29) is 39.8 Å². The van der Waals surface area contributed by atoms with Gasteiger partial charge >= 0.3 is 0 Å². The number of fused-ring (bicyclic) bond motifs is 2. The summed E-state index contributed by atoms with van der Waals surface area (Å²) in [5.74, 6) is -0.991. The Morgan fingerprint density at radius 3 is 2.48 bits per heavy atom. The lowest BCUT2D eigenvalue weighted by molar-refractivity contribution is 0.0712. The Morgan fingerprint density at radius 2 is 1.74 bits per heavy atom. The van der Waals surface area contributed by atoms with Gasteiger partial charge in [-0.05, 0) is 36.2 Å². The fourth-order valence-electron chi connectivity index (χ4n) is 4.10. The summed E-state index contributed by atoms with van der Waals surface area (Å²) < 4.78 is 20.8. The van der Waals surface area contributed by atoms with E-state index < -0.39 is 17.8 Å². The van der Waals surface area contributed by atoms with Crippen LogP contribution in [0.15, 0.2) is 75.9 Å². The highest BCUT2D eigenvalue weighted by Gasteiger charge is 2.43. The fourth-order valence-corrected chi connectivity index (χ4v) is 4.27. The van der Waals surface area contributed by atoms with Crippen molar-refractivity contribution in [2.45, 2.75) is 19.5 Å². The molecule has 1 aromatic heterocycles. The largest absolute Gasteiger partial charge is 0.450 e. The Hall–Kier alpha value is -3.44. The molecule has 3 aromatic carbocycles. The maximum absolute atomic E-state index is 14.8. The average Bonchev–Trinajstić information content (AvgIpc) is 3.03. The minimum absolute atomic E-state index is 0.0524. The SMILES string of the molecule is Cc1cc2oc3c(c(=O)c2cc1Cl)C(c1ccccc1F)N(Cc1ccccc1)C3=O. The smallest absolute Gasteiger partial charge is 0.291 e. The second kappa shape index (κ2) is 7.36. The first-order chi connectivity index (χ1) is 15.0. The summed E-state index contributed by atoms with van der Waals surface area (Å²) in [5.41, 5.74) is 1.88. The molecule has 1 unspecified atom stereocenters. The molecular weight excluding hydrogens is 417 g/mol. The van der Waals surface area contributed by atoms with E-state index in [9.17, 15) is 14.0 Å². The Balaban J connectivity index is 1.78. The van der Waals surface area contributed by atoms with Crippen molar-refractivity contribution in [2.75, 3.05) is 0 Å². The molecule has 0 saturated heterocycles. The summed E-state index contributed by atoms with van der Waals surface area (Å²) in [5, 5.41) is 0.692. The molecule has 2 heterocycles. The van der Waals surface area contributed by atoms with Gasteiger partial charge in [-0.1, -0.05) is 60.1 Å². The van der Waals surface area contributed by atoms with Crippen molar-refractivity contribution in [3.63, 3.8) is 0 Å². The van der Waals surface area contributed by atoms with Crippen LogP contribution in [0.25, 0.3) is 11.0 Å². The third kappa shape index (κ3) is 3.13. The van der Waals surface area contributed by atoms with Gasteiger partial charge in [0, 0.05) is 17.1 Å². The van der Waals surface area contributed by atoms with Crippen molar-refractivity contribution in [3.8, 4) is 0 Å². The summed E-state index contributed by atoms with van der Waals surface area (Å²) in [6.45, 7) is 2.00. The summed E-state index contributed by atoms with van der Waals surface area (Å²) in [7, 11) is 0. The summed E-state index contributed by atoms with van der Waals surface area (Å²) in [4.78, 5) is 28.4. The van der Waals surface area contributed by atoms with Crippen LogP contribution in [-0.4, -0.2) is 10.8 Å². The van der Waals surface area contributed by atoms with Crippen molar-refractivity contribution in [1.82, 2.24) is 4.90 Å². The minimum Gasteiger partial charge on any atom is -0.450 e. The van der Waals surface area contributed by atoms with Gasteiger partial charge in [0.05, 0.1) is 17.0 Å². The molecule has 0 spiro atoms. The van der Waals surface area contributed by atoms with Crippen LogP contribution in [0, 0.1) is 12.7 Å². The molecule has 0 radical (unpaired) electrons. The van der Waals surface area contributed by atoms with Gasteiger partial charge in [0.15, 0.2) is 5.43 Å². The van der Waals surface area contributed by atoms with Gasteiger partial charge in [-0.2, -0.15) is 0 Å². The summed E-state index contributed by atoms with van der Waals surface area (Å²) in [6.07, 6.45) is 0. The van der Waals surface area contributed by atoms with Crippen LogP contribution in [0.1, 0.15) is 38.9 Å². The molecule has 1 atom stereocenters. The molecule has 1 amide bonds. The molecule has 0 fully saturated rings. The quantitative estimate of drug-likeness (QED) is 0.420. The number of aryl methyl sites for hydroxylation is 1. The number of hydrogen-bond donors (Lipinski definition) is 0. The van der Waals surface area contributed by atoms with Crippen LogP contribution in [0.4, 0.5) is 4.39 Å². The van der Waals surface area contributed by atoms with E-state index in [1.165, 1.54) is 11.0 Å². The molecule has 6 heteroatoms. The Morgan fingerprint density at radius 1 is 1.03 bits per heavy atom. The molecule has 5 rings (SSSR count). The fraction of sp³-hybridized carbons (Fsp3) is 0.120. The van der Waals surface area contributed by atoms with Gasteiger partial charge in [-0.3, -0.25) is 9.59 Å². The highest BCUT2D eigenvalue weighted by Crippen LogP contribution is 2.40. The molecular formula is C25H17ClFNO3. The standard InChI is InChI=1S/C25H17ClFNO3/c1-14-11-20-17(12-18(14)26)23(29)21-22(16-9-5-6-10-19(16)27)28(25(30)24(21)31-20)13-15-7-3-2-4-8-15/h2-12,22H,13H2,1H3. The van der Waals surface area contributed by atoms with Gasteiger partial charge in [0.25, 0.3) is 5.91 Å². The van der Waals surface area contributed by atoms with Crippen molar-refractivity contribution in [1.29, 1.82) is 0 Å². The molecule has 0 N–H and O–H groups in total. The molecule has 4 aromatic rings. The van der Waals surface area contributed by atoms with E-state index in [0.717, 1.165) is 11.1 Å². The first-order valence-electron chi connectivity index (χ1n) is 9.82. The number of rotatable bonds is 3. The topological polar surface area (TPSA) is 50.5 Å². The lowest BCUT2D eigenvalue weighted by Crippen LogP contribution is -2.29. The molecule has 0 bridgehead atoms. The first-order valence-corrected chi connectivity index (χ1v) is 10.2. The number of halogens is 2.